The van der Waals surface area contributed by atoms with Crippen molar-refractivity contribution in [2.45, 2.75) is 19.4 Å². The summed E-state index contributed by atoms with van der Waals surface area (Å²) in [5.74, 6) is -1.81. The van der Waals surface area contributed by atoms with Gasteiger partial charge in [-0.05, 0) is 24.6 Å². The molecule has 0 bridgehead atoms. The van der Waals surface area contributed by atoms with E-state index in [1.54, 1.807) is 0 Å². The quantitative estimate of drug-likeness (QED) is 0.808. The molecule has 2 amide bonds. The van der Waals surface area contributed by atoms with Crippen molar-refractivity contribution in [1.82, 2.24) is 5.32 Å². The van der Waals surface area contributed by atoms with Crippen LogP contribution < -0.4 is 10.6 Å². The number of nitrogens with one attached hydrogen (secondary N) is 2. The lowest BCUT2D eigenvalue weighted by atomic mass is 10.2. The monoisotopic (exact) mass is 316 g/mol. The van der Waals surface area contributed by atoms with E-state index in [-0.39, 0.29) is 17.9 Å². The first-order chi connectivity index (χ1) is 9.67. The van der Waals surface area contributed by atoms with Crippen LogP contribution in [0, 0.1) is 5.82 Å². The molecule has 6 nitrogen and oxygen atoms in total. The minimum atomic E-state index is -3.26. The van der Waals surface area contributed by atoms with E-state index < -0.39 is 33.5 Å². The van der Waals surface area contributed by atoms with Crippen molar-refractivity contribution in [1.29, 1.82) is 0 Å². The fourth-order valence-electron chi connectivity index (χ4n) is 1.64. The maximum atomic E-state index is 13.0. The predicted octanol–water partition coefficient (Wildman–Crippen LogP) is 0.704. The smallest absolute Gasteiger partial charge is 0.246 e. The third-order valence-electron chi connectivity index (χ3n) is 2.56. The highest BCUT2D eigenvalue weighted by molar-refractivity contribution is 7.90. The normalized spacial score (nSPS) is 12.5. The van der Waals surface area contributed by atoms with Crippen LogP contribution in [-0.4, -0.2) is 38.3 Å². The first-order valence-corrected chi connectivity index (χ1v) is 8.24. The van der Waals surface area contributed by atoms with Crippen LogP contribution in [0.4, 0.5) is 10.1 Å². The van der Waals surface area contributed by atoms with Gasteiger partial charge in [0, 0.05) is 18.9 Å². The fourth-order valence-corrected chi connectivity index (χ4v) is 2.31. The van der Waals surface area contributed by atoms with Gasteiger partial charge in [0.2, 0.25) is 11.8 Å². The molecule has 0 heterocycles. The van der Waals surface area contributed by atoms with Crippen LogP contribution in [-0.2, 0) is 19.4 Å². The van der Waals surface area contributed by atoms with Gasteiger partial charge in [0.25, 0.3) is 0 Å². The first-order valence-electron chi connectivity index (χ1n) is 6.18. The molecule has 0 saturated heterocycles. The molecule has 1 aromatic rings. The lowest BCUT2D eigenvalue weighted by Gasteiger charge is -2.17. The van der Waals surface area contributed by atoms with Crippen molar-refractivity contribution in [3.63, 3.8) is 0 Å². The molecule has 0 unspecified atom stereocenters. The van der Waals surface area contributed by atoms with Crippen LogP contribution in [0.3, 0.4) is 0 Å². The molecule has 2 N–H and O–H groups in total. The van der Waals surface area contributed by atoms with E-state index >= 15 is 0 Å². The van der Waals surface area contributed by atoms with Gasteiger partial charge in [0.15, 0.2) is 0 Å². The Hall–Kier alpha value is -1.96. The van der Waals surface area contributed by atoms with E-state index in [0.717, 1.165) is 12.3 Å². The van der Waals surface area contributed by atoms with E-state index in [9.17, 15) is 22.4 Å². The molecule has 0 spiro atoms. The molecular formula is C13H17FN2O4S. The lowest BCUT2D eigenvalue weighted by molar-refractivity contribution is -0.125. The number of rotatable bonds is 6. The van der Waals surface area contributed by atoms with Gasteiger partial charge in [-0.2, -0.15) is 0 Å². The molecular weight excluding hydrogens is 299 g/mol. The van der Waals surface area contributed by atoms with E-state index in [4.69, 9.17) is 0 Å². The summed E-state index contributed by atoms with van der Waals surface area (Å²) in [6, 6.07) is 4.27. The maximum Gasteiger partial charge on any atom is 0.246 e. The number of amides is 2. The maximum absolute atomic E-state index is 13.0. The Morgan fingerprint density at radius 1 is 1.33 bits per heavy atom. The number of hydrogen-bond donors (Lipinski definition) is 2. The Balaban J connectivity index is 2.77. The number of benzene rings is 1. The SMILES string of the molecule is CC(=O)N[C@H](CCS(C)(=O)=O)C(=O)Nc1cccc(F)c1. The summed E-state index contributed by atoms with van der Waals surface area (Å²) in [5, 5.41) is 4.81. The molecule has 0 aliphatic carbocycles. The van der Waals surface area contributed by atoms with Gasteiger partial charge >= 0.3 is 0 Å². The summed E-state index contributed by atoms with van der Waals surface area (Å²) >= 11 is 0. The van der Waals surface area contributed by atoms with Crippen molar-refractivity contribution >= 4 is 27.3 Å². The van der Waals surface area contributed by atoms with Gasteiger partial charge in [-0.3, -0.25) is 9.59 Å². The molecule has 0 aliphatic heterocycles. The van der Waals surface area contributed by atoms with E-state index in [1.165, 1.54) is 25.1 Å². The zero-order chi connectivity index (χ0) is 16.0. The van der Waals surface area contributed by atoms with Crippen LogP contribution >= 0.6 is 0 Å². The predicted molar refractivity (Wildman–Crippen MR) is 77.0 cm³/mol. The topological polar surface area (TPSA) is 92.3 Å². The highest BCUT2D eigenvalue weighted by Crippen LogP contribution is 2.10. The van der Waals surface area contributed by atoms with Crippen LogP contribution in [0.2, 0.25) is 0 Å². The molecule has 1 atom stereocenters. The summed E-state index contributed by atoms with van der Waals surface area (Å²) < 4.78 is 35.3. The minimum absolute atomic E-state index is 0.0560. The number of halogens is 1. The first kappa shape index (κ1) is 17.1. The average molecular weight is 316 g/mol. The number of carbonyl (C=O) groups excluding carboxylic acids is 2. The highest BCUT2D eigenvalue weighted by Gasteiger charge is 2.21. The summed E-state index contributed by atoms with van der Waals surface area (Å²) in [7, 11) is -3.26. The highest BCUT2D eigenvalue weighted by atomic mass is 32.2. The summed E-state index contributed by atoms with van der Waals surface area (Å²) in [6.07, 6.45) is 0.988. The second-order valence-electron chi connectivity index (χ2n) is 4.67. The van der Waals surface area contributed by atoms with Gasteiger partial charge in [-0.1, -0.05) is 6.07 Å². The molecule has 0 fully saturated rings. The Kier molecular flexibility index (Phi) is 5.83. The molecule has 0 aliphatic rings. The molecule has 0 radical (unpaired) electrons. The molecule has 116 valence electrons. The Bertz CT molecular complexity index is 631. The molecule has 1 aromatic carbocycles. The molecule has 0 saturated carbocycles. The van der Waals surface area contributed by atoms with Crippen molar-refractivity contribution in [3.05, 3.63) is 30.1 Å². The largest absolute Gasteiger partial charge is 0.345 e. The molecule has 0 aromatic heterocycles. The Morgan fingerprint density at radius 3 is 2.52 bits per heavy atom. The summed E-state index contributed by atoms with van der Waals surface area (Å²) in [5.41, 5.74) is 0.231. The van der Waals surface area contributed by atoms with E-state index in [0.29, 0.717) is 0 Å². The van der Waals surface area contributed by atoms with E-state index in [1.807, 2.05) is 0 Å². The number of sulfone groups is 1. The van der Waals surface area contributed by atoms with Crippen LogP contribution in [0.25, 0.3) is 0 Å². The van der Waals surface area contributed by atoms with Crippen LogP contribution in [0.5, 0.6) is 0 Å². The number of anilines is 1. The van der Waals surface area contributed by atoms with Gasteiger partial charge in [-0.25, -0.2) is 12.8 Å². The lowest BCUT2D eigenvalue weighted by Crippen LogP contribution is -2.43. The second-order valence-corrected chi connectivity index (χ2v) is 6.93. The van der Waals surface area contributed by atoms with Gasteiger partial charge in [-0.15, -0.1) is 0 Å². The van der Waals surface area contributed by atoms with Gasteiger partial charge in [0.05, 0.1) is 5.75 Å². The summed E-state index contributed by atoms with van der Waals surface area (Å²) in [6.45, 7) is 1.23. The number of hydrogen-bond acceptors (Lipinski definition) is 4. The molecule has 1 rings (SSSR count). The summed E-state index contributed by atoms with van der Waals surface area (Å²) in [4.78, 5) is 23.1. The molecule has 21 heavy (non-hydrogen) atoms. The van der Waals surface area contributed by atoms with E-state index in [2.05, 4.69) is 10.6 Å². The third kappa shape index (κ3) is 6.84. The fraction of sp³-hybridized carbons (Fsp3) is 0.385. The average Bonchev–Trinajstić information content (AvgIpc) is 2.32. The van der Waals surface area contributed by atoms with Gasteiger partial charge < -0.3 is 10.6 Å². The third-order valence-corrected chi connectivity index (χ3v) is 3.54. The van der Waals surface area contributed by atoms with Crippen molar-refractivity contribution in [2.24, 2.45) is 0 Å². The zero-order valence-corrected chi connectivity index (χ0v) is 12.5. The molecule has 8 heteroatoms. The number of carbonyl (C=O) groups is 2. The van der Waals surface area contributed by atoms with Crippen LogP contribution in [0.1, 0.15) is 13.3 Å². The standard InChI is InChI=1S/C13H17FN2O4S/c1-9(17)15-12(6-7-21(2,19)20)13(18)16-11-5-3-4-10(14)8-11/h3-5,8,12H,6-7H2,1-2H3,(H,15,17)(H,16,18)/t12-/m1/s1. The Morgan fingerprint density at radius 2 is 2.00 bits per heavy atom. The van der Waals surface area contributed by atoms with Crippen molar-refractivity contribution < 1.29 is 22.4 Å². The second kappa shape index (κ2) is 7.16. The minimum Gasteiger partial charge on any atom is -0.345 e. The van der Waals surface area contributed by atoms with Crippen molar-refractivity contribution in [2.75, 3.05) is 17.3 Å². The van der Waals surface area contributed by atoms with Gasteiger partial charge in [0.1, 0.15) is 21.7 Å². The van der Waals surface area contributed by atoms with Crippen molar-refractivity contribution in [3.8, 4) is 0 Å². The van der Waals surface area contributed by atoms with Crippen LogP contribution in [0.15, 0.2) is 24.3 Å². The Labute approximate surface area is 122 Å². The zero-order valence-electron chi connectivity index (χ0n) is 11.7.